The predicted octanol–water partition coefficient (Wildman–Crippen LogP) is 1.52. The van der Waals surface area contributed by atoms with Crippen LogP contribution < -0.4 is 4.90 Å². The van der Waals surface area contributed by atoms with E-state index in [1.54, 1.807) is 6.92 Å². The zero-order valence-electron chi connectivity index (χ0n) is 12.6. The van der Waals surface area contributed by atoms with Gasteiger partial charge in [0.25, 0.3) is 0 Å². The fraction of sp³-hybridized carbons (Fsp3) is 0.312. The summed E-state index contributed by atoms with van der Waals surface area (Å²) in [7, 11) is 0. The quantitative estimate of drug-likeness (QED) is 0.818. The molecule has 0 bridgehead atoms. The van der Waals surface area contributed by atoms with Gasteiger partial charge in [-0.1, -0.05) is 0 Å². The molecule has 1 aromatic carbocycles. The van der Waals surface area contributed by atoms with Crippen LogP contribution in [0.2, 0.25) is 0 Å². The molecule has 0 radical (unpaired) electrons. The molecule has 0 unspecified atom stereocenters. The number of carboxylic acid groups (broad SMARTS) is 1. The molecule has 3 rings (SSSR count). The van der Waals surface area contributed by atoms with Gasteiger partial charge in [-0.15, -0.1) is 0 Å². The molecule has 2 heterocycles. The third kappa shape index (κ3) is 3.15. The monoisotopic (exact) mass is 377 g/mol. The molecule has 1 N–H and O–H groups in total. The Morgan fingerprint density at radius 2 is 2.17 bits per heavy atom. The van der Waals surface area contributed by atoms with Crippen LogP contribution in [0, 0.1) is 18.3 Å². The normalized spacial score (nSPS) is 14.5. The van der Waals surface area contributed by atoms with Gasteiger partial charge in [-0.05, 0) is 0 Å². The molecule has 7 heteroatoms. The molecule has 1 saturated heterocycles. The van der Waals surface area contributed by atoms with E-state index in [1.165, 1.54) is 0 Å². The van der Waals surface area contributed by atoms with Gasteiger partial charge in [0.1, 0.15) is 0 Å². The van der Waals surface area contributed by atoms with E-state index in [9.17, 15) is 15.2 Å². The van der Waals surface area contributed by atoms with Gasteiger partial charge in [0.05, 0.1) is 0 Å². The second-order valence-corrected chi connectivity index (χ2v) is 7.28. The number of anilines is 1. The number of rotatable bonds is 3. The van der Waals surface area contributed by atoms with Crippen LogP contribution >= 0.6 is 0 Å². The van der Waals surface area contributed by atoms with Crippen molar-refractivity contribution in [3.8, 4) is 16.2 Å². The maximum absolute atomic E-state index is 11.2. The Bertz CT molecular complexity index is 788. The van der Waals surface area contributed by atoms with Crippen LogP contribution in [-0.4, -0.2) is 56.9 Å². The second kappa shape index (κ2) is 6.55. The summed E-state index contributed by atoms with van der Waals surface area (Å²) in [6.07, 6.45) is 0. The summed E-state index contributed by atoms with van der Waals surface area (Å²) in [6.45, 7) is 4.57. The Hall–Kier alpha value is -2.13. The molecule has 1 fully saturated rings. The number of benzene rings is 1. The SMILES string of the molecule is Cc1nc(-c2ccc(N3CCOCC3)c(C#N)c2)[se]c1C(=O)O. The Kier molecular flexibility index (Phi) is 4.49. The number of nitrogens with zero attached hydrogens (tertiary/aromatic N) is 3. The zero-order valence-corrected chi connectivity index (χ0v) is 14.3. The molecule has 2 aromatic rings. The molecule has 6 nitrogen and oxygen atoms in total. The fourth-order valence-electron chi connectivity index (χ4n) is 2.56. The average molecular weight is 376 g/mol. The molecule has 0 aliphatic carbocycles. The van der Waals surface area contributed by atoms with E-state index in [0.717, 1.165) is 28.9 Å². The standard InChI is InChI=1S/C16H15N3O3Se/c1-10-14(16(20)21)23-15(18-10)11-2-3-13(12(8-11)9-17)19-4-6-22-7-5-19/h2-3,8H,4-7H2,1H3,(H,20,21). The number of ether oxygens (including phenoxy) is 1. The maximum atomic E-state index is 11.2. The first kappa shape index (κ1) is 15.8. The van der Waals surface area contributed by atoms with Gasteiger partial charge in [-0.25, -0.2) is 0 Å². The van der Waals surface area contributed by atoms with Gasteiger partial charge < -0.3 is 0 Å². The number of hydrogen-bond acceptors (Lipinski definition) is 5. The topological polar surface area (TPSA) is 86.5 Å². The number of aromatic nitrogens is 1. The second-order valence-electron chi connectivity index (χ2n) is 5.18. The van der Waals surface area contributed by atoms with Crippen LogP contribution in [0.4, 0.5) is 5.69 Å². The molecule has 0 spiro atoms. The number of nitriles is 1. The minimum absolute atomic E-state index is 0.330. The molecule has 0 amide bonds. The zero-order chi connectivity index (χ0) is 16.4. The Balaban J connectivity index is 1.97. The minimum atomic E-state index is -0.910. The first-order chi connectivity index (χ1) is 11.1. The van der Waals surface area contributed by atoms with Crippen molar-refractivity contribution in [2.24, 2.45) is 0 Å². The van der Waals surface area contributed by atoms with Crippen LogP contribution in [0.1, 0.15) is 20.5 Å². The third-order valence-corrected chi connectivity index (χ3v) is 6.21. The summed E-state index contributed by atoms with van der Waals surface area (Å²) in [5.74, 6) is -0.910. The summed E-state index contributed by atoms with van der Waals surface area (Å²) in [6, 6.07) is 7.89. The van der Waals surface area contributed by atoms with Crippen molar-refractivity contribution in [1.82, 2.24) is 4.98 Å². The molecule has 1 aromatic heterocycles. The van der Waals surface area contributed by atoms with Gasteiger partial charge in [-0.3, -0.25) is 0 Å². The number of aryl methyl sites for hydroxylation is 1. The van der Waals surface area contributed by atoms with Crippen molar-refractivity contribution in [2.75, 3.05) is 31.2 Å². The predicted molar refractivity (Wildman–Crippen MR) is 86.1 cm³/mol. The van der Waals surface area contributed by atoms with Crippen molar-refractivity contribution in [3.63, 3.8) is 0 Å². The fourth-order valence-corrected chi connectivity index (χ4v) is 4.45. The summed E-state index contributed by atoms with van der Waals surface area (Å²) in [5.41, 5.74) is 2.87. The van der Waals surface area contributed by atoms with Crippen LogP contribution in [0.5, 0.6) is 0 Å². The molecular formula is C16H15N3O3Se. The molecule has 23 heavy (non-hydrogen) atoms. The number of morpholine rings is 1. The molecule has 0 saturated carbocycles. The molecular weight excluding hydrogens is 361 g/mol. The van der Waals surface area contributed by atoms with E-state index in [2.05, 4.69) is 16.0 Å². The van der Waals surface area contributed by atoms with Crippen LogP contribution in [0.3, 0.4) is 0 Å². The summed E-state index contributed by atoms with van der Waals surface area (Å²) in [5, 5.41) is 18.6. The number of hydrogen-bond donors (Lipinski definition) is 1. The molecule has 1 aliphatic rings. The van der Waals surface area contributed by atoms with Crippen molar-refractivity contribution in [3.05, 3.63) is 33.9 Å². The van der Waals surface area contributed by atoms with Crippen molar-refractivity contribution < 1.29 is 14.6 Å². The summed E-state index contributed by atoms with van der Waals surface area (Å²) >= 11 is -0.330. The van der Waals surface area contributed by atoms with E-state index < -0.39 is 5.97 Å². The number of carboxylic acids is 1. The first-order valence-corrected chi connectivity index (χ1v) is 8.89. The Morgan fingerprint density at radius 1 is 1.43 bits per heavy atom. The van der Waals surface area contributed by atoms with E-state index >= 15 is 0 Å². The van der Waals surface area contributed by atoms with Gasteiger partial charge >= 0.3 is 139 Å². The van der Waals surface area contributed by atoms with Crippen molar-refractivity contribution in [2.45, 2.75) is 6.92 Å². The van der Waals surface area contributed by atoms with Gasteiger partial charge in [0, 0.05) is 0 Å². The van der Waals surface area contributed by atoms with Crippen LogP contribution in [0.15, 0.2) is 18.2 Å². The van der Waals surface area contributed by atoms with Crippen LogP contribution in [0.25, 0.3) is 10.1 Å². The van der Waals surface area contributed by atoms with Gasteiger partial charge in [-0.2, -0.15) is 0 Å². The van der Waals surface area contributed by atoms with Gasteiger partial charge in [0.15, 0.2) is 0 Å². The number of aromatic carboxylic acids is 1. The molecule has 0 atom stereocenters. The molecule has 118 valence electrons. The molecule has 1 aliphatic heterocycles. The van der Waals surface area contributed by atoms with E-state index in [1.807, 2.05) is 18.2 Å². The van der Waals surface area contributed by atoms with E-state index in [4.69, 9.17) is 4.74 Å². The first-order valence-electron chi connectivity index (χ1n) is 7.18. The number of carbonyl (C=O) groups is 1. The van der Waals surface area contributed by atoms with E-state index in [0.29, 0.717) is 28.9 Å². The average Bonchev–Trinajstić information content (AvgIpc) is 2.97. The van der Waals surface area contributed by atoms with Crippen LogP contribution in [-0.2, 0) is 4.74 Å². The Morgan fingerprint density at radius 3 is 2.78 bits per heavy atom. The Labute approximate surface area is 139 Å². The van der Waals surface area contributed by atoms with Crippen molar-refractivity contribution in [1.29, 1.82) is 5.26 Å². The van der Waals surface area contributed by atoms with Gasteiger partial charge in [0.2, 0.25) is 0 Å². The summed E-state index contributed by atoms with van der Waals surface area (Å²) in [4.78, 5) is 17.7. The van der Waals surface area contributed by atoms with Crippen molar-refractivity contribution >= 4 is 26.2 Å². The summed E-state index contributed by atoms with van der Waals surface area (Å²) < 4.78 is 6.48. The third-order valence-electron chi connectivity index (χ3n) is 3.71. The van der Waals surface area contributed by atoms with E-state index in [-0.39, 0.29) is 14.5 Å².